The Morgan fingerprint density at radius 2 is 2.10 bits per heavy atom. The van der Waals surface area contributed by atoms with E-state index in [1.54, 1.807) is 16.3 Å². The van der Waals surface area contributed by atoms with Crippen LogP contribution >= 0.6 is 11.3 Å². The van der Waals surface area contributed by atoms with Crippen molar-refractivity contribution in [2.24, 2.45) is 4.99 Å². The third-order valence-electron chi connectivity index (χ3n) is 2.72. The summed E-state index contributed by atoms with van der Waals surface area (Å²) >= 11 is 1.38. The molecule has 0 aliphatic rings. The molecule has 3 rings (SSSR count). The van der Waals surface area contributed by atoms with E-state index in [1.165, 1.54) is 11.3 Å². The number of para-hydroxylation sites is 1. The number of carbonyl (C=O) groups is 1. The van der Waals surface area contributed by atoms with Crippen molar-refractivity contribution in [3.8, 4) is 16.3 Å². The minimum Gasteiger partial charge on any atom is -0.265 e. The smallest absolute Gasteiger partial charge is 0.265 e. The van der Waals surface area contributed by atoms with Crippen LogP contribution in [0.3, 0.4) is 0 Å². The number of hydrogen-bond acceptors (Lipinski definition) is 4. The van der Waals surface area contributed by atoms with E-state index in [2.05, 4.69) is 21.8 Å². The second-order valence-electron chi connectivity index (χ2n) is 4.01. The molecule has 0 fully saturated rings. The molecule has 0 aliphatic carbocycles. The first-order valence-corrected chi connectivity index (χ1v) is 6.73. The van der Waals surface area contributed by atoms with Gasteiger partial charge in [0.25, 0.3) is 5.91 Å². The van der Waals surface area contributed by atoms with Gasteiger partial charge in [-0.05, 0) is 18.9 Å². The first-order valence-electron chi connectivity index (χ1n) is 5.85. The zero-order valence-electron chi connectivity index (χ0n) is 10.4. The van der Waals surface area contributed by atoms with E-state index < -0.39 is 5.91 Å². The number of nitrogens with zero attached hydrogens (tertiary/aromatic N) is 4. The number of hydrogen-bond donors (Lipinski definition) is 0. The second-order valence-corrected chi connectivity index (χ2v) is 4.87. The Balaban J connectivity index is 1.92. The van der Waals surface area contributed by atoms with Crippen molar-refractivity contribution >= 4 is 24.0 Å². The van der Waals surface area contributed by atoms with Crippen molar-refractivity contribution in [2.75, 3.05) is 0 Å². The summed E-state index contributed by atoms with van der Waals surface area (Å²) in [6.45, 7) is 3.21. The molecule has 0 saturated carbocycles. The summed E-state index contributed by atoms with van der Waals surface area (Å²) < 4.78 is 1.77. The third-order valence-corrected chi connectivity index (χ3v) is 3.61. The molecule has 0 atom stereocenters. The van der Waals surface area contributed by atoms with Gasteiger partial charge in [-0.15, -0.1) is 11.3 Å². The van der Waals surface area contributed by atoms with Crippen LogP contribution in [0.15, 0.2) is 53.1 Å². The molecule has 6 heteroatoms. The van der Waals surface area contributed by atoms with Crippen LogP contribution in [0.1, 0.15) is 10.5 Å². The molecule has 0 bridgehead atoms. The van der Waals surface area contributed by atoms with Crippen LogP contribution in [0.4, 0.5) is 0 Å². The molecule has 2 aromatic heterocycles. The van der Waals surface area contributed by atoms with Gasteiger partial charge in [0.15, 0.2) is 0 Å². The van der Waals surface area contributed by atoms with E-state index >= 15 is 0 Å². The molecule has 3 aromatic rings. The number of aromatic nitrogens is 3. The minimum absolute atomic E-state index is 0.312. The van der Waals surface area contributed by atoms with Crippen LogP contribution in [0, 0.1) is 0 Å². The molecule has 1 amide bonds. The number of rotatable bonds is 3. The van der Waals surface area contributed by atoms with Gasteiger partial charge in [-0.3, -0.25) is 4.79 Å². The lowest BCUT2D eigenvalue weighted by Gasteiger charge is -1.98. The van der Waals surface area contributed by atoms with Crippen LogP contribution < -0.4 is 0 Å². The molecule has 0 radical (unpaired) electrons. The Morgan fingerprint density at radius 3 is 2.85 bits per heavy atom. The maximum Gasteiger partial charge on any atom is 0.295 e. The largest absolute Gasteiger partial charge is 0.295 e. The average molecular weight is 282 g/mol. The van der Waals surface area contributed by atoms with E-state index in [1.807, 2.05) is 36.5 Å². The SMILES string of the molecule is C=NC(=O)c1csc(-c2cnn(-c3ccccc3)c2)n1. The zero-order valence-corrected chi connectivity index (χ0v) is 11.2. The summed E-state index contributed by atoms with van der Waals surface area (Å²) in [4.78, 5) is 19.0. The quantitative estimate of drug-likeness (QED) is 0.694. The van der Waals surface area contributed by atoms with Crippen LogP contribution in [-0.4, -0.2) is 27.4 Å². The van der Waals surface area contributed by atoms with Crippen molar-refractivity contribution in [2.45, 2.75) is 0 Å². The Labute approximate surface area is 119 Å². The predicted molar refractivity (Wildman–Crippen MR) is 78.6 cm³/mol. The van der Waals surface area contributed by atoms with Crippen molar-refractivity contribution in [1.82, 2.24) is 14.8 Å². The number of carbonyl (C=O) groups excluding carboxylic acids is 1. The van der Waals surface area contributed by atoms with E-state index in [0.29, 0.717) is 5.69 Å². The van der Waals surface area contributed by atoms with Crippen molar-refractivity contribution in [3.05, 3.63) is 53.8 Å². The van der Waals surface area contributed by atoms with Gasteiger partial charge >= 0.3 is 0 Å². The molecule has 0 N–H and O–H groups in total. The van der Waals surface area contributed by atoms with Gasteiger partial charge in [0.05, 0.1) is 11.9 Å². The lowest BCUT2D eigenvalue weighted by molar-refractivity contribution is 0.1000. The summed E-state index contributed by atoms with van der Waals surface area (Å²) in [6.07, 6.45) is 3.60. The van der Waals surface area contributed by atoms with Crippen LogP contribution in [0.2, 0.25) is 0 Å². The Hall–Kier alpha value is -2.60. The van der Waals surface area contributed by atoms with Gasteiger partial charge in [0.2, 0.25) is 0 Å². The Bertz CT molecular complexity index is 760. The topological polar surface area (TPSA) is 60.1 Å². The highest BCUT2D eigenvalue weighted by Crippen LogP contribution is 2.24. The van der Waals surface area contributed by atoms with E-state index in [0.717, 1.165) is 16.3 Å². The molecule has 0 aliphatic heterocycles. The highest BCUT2D eigenvalue weighted by Gasteiger charge is 2.11. The second kappa shape index (κ2) is 5.18. The molecule has 1 aromatic carbocycles. The maximum absolute atomic E-state index is 11.4. The summed E-state index contributed by atoms with van der Waals surface area (Å²) in [5, 5.41) is 6.71. The highest BCUT2D eigenvalue weighted by atomic mass is 32.1. The average Bonchev–Trinajstić information content (AvgIpc) is 3.16. The maximum atomic E-state index is 11.4. The zero-order chi connectivity index (χ0) is 13.9. The lowest BCUT2D eigenvalue weighted by atomic mass is 10.3. The van der Waals surface area contributed by atoms with Gasteiger partial charge in [-0.2, -0.15) is 5.10 Å². The van der Waals surface area contributed by atoms with E-state index in [-0.39, 0.29) is 0 Å². The molecule has 98 valence electrons. The van der Waals surface area contributed by atoms with Crippen LogP contribution in [0.5, 0.6) is 0 Å². The number of thiazole rings is 1. The fourth-order valence-electron chi connectivity index (χ4n) is 1.74. The van der Waals surface area contributed by atoms with Gasteiger partial charge in [0.1, 0.15) is 10.7 Å². The van der Waals surface area contributed by atoms with Crippen LogP contribution in [-0.2, 0) is 0 Å². The Kier molecular flexibility index (Phi) is 3.22. The molecule has 0 saturated heterocycles. The molecule has 0 spiro atoms. The van der Waals surface area contributed by atoms with Crippen LogP contribution in [0.25, 0.3) is 16.3 Å². The highest BCUT2D eigenvalue weighted by molar-refractivity contribution is 7.13. The minimum atomic E-state index is -0.414. The third kappa shape index (κ3) is 2.28. The van der Waals surface area contributed by atoms with Gasteiger partial charge in [-0.25, -0.2) is 14.7 Å². The molecule has 2 heterocycles. The van der Waals surface area contributed by atoms with E-state index in [4.69, 9.17) is 0 Å². The first kappa shape index (κ1) is 12.4. The summed E-state index contributed by atoms with van der Waals surface area (Å²) in [5.74, 6) is -0.414. The number of benzene rings is 1. The fraction of sp³-hybridized carbons (Fsp3) is 0. The monoisotopic (exact) mass is 282 g/mol. The fourth-order valence-corrected chi connectivity index (χ4v) is 2.51. The molecule has 20 heavy (non-hydrogen) atoms. The molecule has 0 unspecified atom stereocenters. The van der Waals surface area contributed by atoms with Gasteiger partial charge < -0.3 is 0 Å². The summed E-state index contributed by atoms with van der Waals surface area (Å²) in [5.41, 5.74) is 2.15. The number of amides is 1. The van der Waals surface area contributed by atoms with Gasteiger partial charge in [0, 0.05) is 17.1 Å². The Morgan fingerprint density at radius 1 is 1.30 bits per heavy atom. The van der Waals surface area contributed by atoms with E-state index in [9.17, 15) is 4.79 Å². The number of aliphatic imine (C=N–C) groups is 1. The standard InChI is InChI=1S/C14H10N4OS/c1-15-13(19)12-9-20-14(17-12)10-7-16-18(8-10)11-5-3-2-4-6-11/h2-9H,1H2. The van der Waals surface area contributed by atoms with Crippen molar-refractivity contribution < 1.29 is 4.79 Å². The van der Waals surface area contributed by atoms with Gasteiger partial charge in [-0.1, -0.05) is 18.2 Å². The lowest BCUT2D eigenvalue weighted by Crippen LogP contribution is -1.93. The molecular formula is C14H10N4OS. The van der Waals surface area contributed by atoms with Crippen molar-refractivity contribution in [3.63, 3.8) is 0 Å². The molecule has 5 nitrogen and oxygen atoms in total. The molecular weight excluding hydrogens is 272 g/mol. The first-order chi connectivity index (χ1) is 9.78. The predicted octanol–water partition coefficient (Wildman–Crippen LogP) is 2.84. The van der Waals surface area contributed by atoms with Crippen molar-refractivity contribution in [1.29, 1.82) is 0 Å². The summed E-state index contributed by atoms with van der Waals surface area (Å²) in [7, 11) is 0. The summed E-state index contributed by atoms with van der Waals surface area (Å²) in [6, 6.07) is 9.79. The normalized spacial score (nSPS) is 10.4.